The molecule has 0 saturated carbocycles. The summed E-state index contributed by atoms with van der Waals surface area (Å²) in [5.74, 6) is -2.22. The summed E-state index contributed by atoms with van der Waals surface area (Å²) in [6, 6.07) is 3.82. The Morgan fingerprint density at radius 1 is 1.47 bits per heavy atom. The van der Waals surface area contributed by atoms with Gasteiger partial charge in [-0.3, -0.25) is 4.79 Å². The summed E-state index contributed by atoms with van der Waals surface area (Å²) in [5, 5.41) is 11.5. The van der Waals surface area contributed by atoms with Crippen LogP contribution in [0, 0.1) is 12.7 Å². The standard InChI is InChI=1S/C13H16FNO4/c1-8-6-9(4-5-10(8)14)11(16)15-13(2,7-19-3)12(17)18/h4-6H,7H2,1-3H3,(H,15,16)(H,17,18). The van der Waals surface area contributed by atoms with Gasteiger partial charge in [0.05, 0.1) is 6.61 Å². The molecule has 0 saturated heterocycles. The van der Waals surface area contributed by atoms with Crippen molar-refractivity contribution in [3.8, 4) is 0 Å². The fourth-order valence-electron chi connectivity index (χ4n) is 1.55. The predicted molar refractivity (Wildman–Crippen MR) is 66.5 cm³/mol. The van der Waals surface area contributed by atoms with E-state index in [1.165, 1.54) is 39.2 Å². The van der Waals surface area contributed by atoms with Crippen molar-refractivity contribution in [1.29, 1.82) is 0 Å². The minimum absolute atomic E-state index is 0.172. The second kappa shape index (κ2) is 5.79. The Bertz CT molecular complexity index is 503. The molecule has 0 aromatic heterocycles. The van der Waals surface area contributed by atoms with Gasteiger partial charge in [0, 0.05) is 12.7 Å². The van der Waals surface area contributed by atoms with Crippen LogP contribution in [-0.4, -0.2) is 36.2 Å². The van der Waals surface area contributed by atoms with E-state index < -0.39 is 23.2 Å². The van der Waals surface area contributed by atoms with Crippen molar-refractivity contribution in [2.24, 2.45) is 0 Å². The van der Waals surface area contributed by atoms with Gasteiger partial charge >= 0.3 is 5.97 Å². The number of methoxy groups -OCH3 is 1. The van der Waals surface area contributed by atoms with E-state index in [0.29, 0.717) is 5.56 Å². The molecule has 104 valence electrons. The van der Waals surface area contributed by atoms with Gasteiger partial charge in [-0.2, -0.15) is 0 Å². The number of nitrogens with one attached hydrogen (secondary N) is 1. The maximum Gasteiger partial charge on any atom is 0.331 e. The third kappa shape index (κ3) is 3.51. The number of hydrogen-bond donors (Lipinski definition) is 2. The van der Waals surface area contributed by atoms with Gasteiger partial charge in [-0.05, 0) is 37.6 Å². The number of carbonyl (C=O) groups excluding carboxylic acids is 1. The smallest absolute Gasteiger partial charge is 0.331 e. The molecule has 2 N–H and O–H groups in total. The highest BCUT2D eigenvalue weighted by molar-refractivity contribution is 5.97. The summed E-state index contributed by atoms with van der Waals surface area (Å²) in [6.45, 7) is 2.69. The van der Waals surface area contributed by atoms with Crippen LogP contribution >= 0.6 is 0 Å². The highest BCUT2D eigenvalue weighted by Gasteiger charge is 2.35. The molecule has 1 amide bonds. The number of hydrogen-bond acceptors (Lipinski definition) is 3. The normalized spacial score (nSPS) is 13.7. The summed E-state index contributed by atoms with van der Waals surface area (Å²) >= 11 is 0. The van der Waals surface area contributed by atoms with Crippen LogP contribution in [0.3, 0.4) is 0 Å². The first kappa shape index (κ1) is 15.1. The average molecular weight is 269 g/mol. The molecule has 1 unspecified atom stereocenters. The third-order valence-corrected chi connectivity index (χ3v) is 2.71. The minimum Gasteiger partial charge on any atom is -0.479 e. The number of amides is 1. The molecule has 0 spiro atoms. The van der Waals surface area contributed by atoms with Crippen LogP contribution in [0.15, 0.2) is 18.2 Å². The Hall–Kier alpha value is -1.95. The first-order chi connectivity index (χ1) is 8.80. The number of benzene rings is 1. The monoisotopic (exact) mass is 269 g/mol. The molecule has 1 aromatic rings. The lowest BCUT2D eigenvalue weighted by Gasteiger charge is -2.25. The highest BCUT2D eigenvalue weighted by atomic mass is 19.1. The second-order valence-corrected chi connectivity index (χ2v) is 4.49. The molecule has 1 atom stereocenters. The Labute approximate surface area is 110 Å². The largest absolute Gasteiger partial charge is 0.479 e. The van der Waals surface area contributed by atoms with Gasteiger partial charge in [-0.25, -0.2) is 9.18 Å². The van der Waals surface area contributed by atoms with Gasteiger partial charge in [-0.15, -0.1) is 0 Å². The number of carboxylic acid groups (broad SMARTS) is 1. The van der Waals surface area contributed by atoms with Crippen LogP contribution in [0.2, 0.25) is 0 Å². The van der Waals surface area contributed by atoms with Crippen LogP contribution in [-0.2, 0) is 9.53 Å². The van der Waals surface area contributed by atoms with Gasteiger partial charge in [0.25, 0.3) is 5.91 Å². The quantitative estimate of drug-likeness (QED) is 0.846. The van der Waals surface area contributed by atoms with E-state index >= 15 is 0 Å². The van der Waals surface area contributed by atoms with Gasteiger partial charge < -0.3 is 15.2 Å². The van der Waals surface area contributed by atoms with Crippen LogP contribution in [0.25, 0.3) is 0 Å². The number of aliphatic carboxylic acids is 1. The Morgan fingerprint density at radius 3 is 2.58 bits per heavy atom. The van der Waals surface area contributed by atoms with Gasteiger partial charge in [0.1, 0.15) is 5.82 Å². The van der Waals surface area contributed by atoms with E-state index in [-0.39, 0.29) is 12.2 Å². The van der Waals surface area contributed by atoms with Crippen molar-refractivity contribution >= 4 is 11.9 Å². The van der Waals surface area contributed by atoms with Crippen molar-refractivity contribution in [2.75, 3.05) is 13.7 Å². The Balaban J connectivity index is 2.94. The second-order valence-electron chi connectivity index (χ2n) is 4.49. The summed E-state index contributed by atoms with van der Waals surface area (Å²) in [7, 11) is 1.34. The van der Waals surface area contributed by atoms with E-state index in [2.05, 4.69) is 5.32 Å². The Morgan fingerprint density at radius 2 is 2.11 bits per heavy atom. The first-order valence-electron chi connectivity index (χ1n) is 5.61. The van der Waals surface area contributed by atoms with E-state index in [1.54, 1.807) is 0 Å². The van der Waals surface area contributed by atoms with Crippen LogP contribution in [0.4, 0.5) is 4.39 Å². The lowest BCUT2D eigenvalue weighted by atomic mass is 10.0. The molecule has 0 aliphatic carbocycles. The number of carbonyl (C=O) groups is 2. The molecule has 0 fully saturated rings. The summed E-state index contributed by atoms with van der Waals surface area (Å²) in [6.07, 6.45) is 0. The Kier molecular flexibility index (Phi) is 4.61. The number of rotatable bonds is 5. The number of carboxylic acids is 1. The summed E-state index contributed by atoms with van der Waals surface area (Å²) in [4.78, 5) is 23.1. The van der Waals surface area contributed by atoms with Crippen molar-refractivity contribution in [3.05, 3.63) is 35.1 Å². The number of ether oxygens (including phenoxy) is 1. The molecule has 1 aromatic carbocycles. The molecular weight excluding hydrogens is 253 g/mol. The fourth-order valence-corrected chi connectivity index (χ4v) is 1.55. The van der Waals surface area contributed by atoms with E-state index in [4.69, 9.17) is 9.84 Å². The lowest BCUT2D eigenvalue weighted by Crippen LogP contribution is -2.55. The van der Waals surface area contributed by atoms with Crippen LogP contribution in [0.5, 0.6) is 0 Å². The molecule has 1 rings (SSSR count). The average Bonchev–Trinajstić information content (AvgIpc) is 2.32. The SMILES string of the molecule is COCC(C)(NC(=O)c1ccc(F)c(C)c1)C(=O)O. The molecule has 0 heterocycles. The van der Waals surface area contributed by atoms with E-state index in [0.717, 1.165) is 0 Å². The highest BCUT2D eigenvalue weighted by Crippen LogP contribution is 2.12. The molecule has 6 heteroatoms. The number of aryl methyl sites for hydroxylation is 1. The molecule has 5 nitrogen and oxygen atoms in total. The van der Waals surface area contributed by atoms with E-state index in [9.17, 15) is 14.0 Å². The van der Waals surface area contributed by atoms with Crippen LogP contribution in [0.1, 0.15) is 22.8 Å². The first-order valence-corrected chi connectivity index (χ1v) is 5.61. The maximum absolute atomic E-state index is 13.1. The maximum atomic E-state index is 13.1. The van der Waals surface area contributed by atoms with Crippen molar-refractivity contribution in [2.45, 2.75) is 19.4 Å². The topological polar surface area (TPSA) is 75.6 Å². The molecule has 19 heavy (non-hydrogen) atoms. The summed E-state index contributed by atoms with van der Waals surface area (Å²) < 4.78 is 17.9. The van der Waals surface area contributed by atoms with Gasteiger partial charge in [-0.1, -0.05) is 0 Å². The van der Waals surface area contributed by atoms with Crippen molar-refractivity contribution < 1.29 is 23.8 Å². The van der Waals surface area contributed by atoms with Gasteiger partial charge in [0.2, 0.25) is 0 Å². The zero-order valence-electron chi connectivity index (χ0n) is 11.0. The molecule has 0 radical (unpaired) electrons. The molecule has 0 aliphatic rings. The number of halogens is 1. The fraction of sp³-hybridized carbons (Fsp3) is 0.385. The van der Waals surface area contributed by atoms with Crippen molar-refractivity contribution in [3.63, 3.8) is 0 Å². The molecule has 0 aliphatic heterocycles. The summed E-state index contributed by atoms with van der Waals surface area (Å²) in [5.41, 5.74) is -1.02. The van der Waals surface area contributed by atoms with E-state index in [1.807, 2.05) is 0 Å². The van der Waals surface area contributed by atoms with Crippen molar-refractivity contribution in [1.82, 2.24) is 5.32 Å². The zero-order chi connectivity index (χ0) is 14.6. The molecular formula is C13H16FNO4. The van der Waals surface area contributed by atoms with Gasteiger partial charge in [0.15, 0.2) is 5.54 Å². The predicted octanol–water partition coefficient (Wildman–Crippen LogP) is 1.35. The zero-order valence-corrected chi connectivity index (χ0v) is 11.0. The van der Waals surface area contributed by atoms with Crippen LogP contribution < -0.4 is 5.32 Å². The molecule has 0 bridgehead atoms. The minimum atomic E-state index is -1.53. The lowest BCUT2D eigenvalue weighted by molar-refractivity contribution is -0.145. The third-order valence-electron chi connectivity index (χ3n) is 2.71.